The number of hydrogen-bond acceptors (Lipinski definition) is 5. The first kappa shape index (κ1) is 21.8. The SMILES string of the molecule is CCCC#Cc1ccc([C@H]2[C@H]3CN(C(=O)CN4CCOCC4)CC(=O)N3[C@H]2CO)cc1. The van der Waals surface area contributed by atoms with Crippen LogP contribution in [0.1, 0.15) is 36.8 Å². The molecule has 7 heteroatoms. The van der Waals surface area contributed by atoms with Gasteiger partial charge in [-0.05, 0) is 24.1 Å². The van der Waals surface area contributed by atoms with E-state index in [-0.39, 0.29) is 43.0 Å². The van der Waals surface area contributed by atoms with E-state index in [1.54, 1.807) is 9.80 Å². The minimum atomic E-state index is -0.231. The van der Waals surface area contributed by atoms with E-state index in [1.165, 1.54) is 0 Å². The van der Waals surface area contributed by atoms with Gasteiger partial charge < -0.3 is 19.6 Å². The van der Waals surface area contributed by atoms with Gasteiger partial charge in [0.05, 0.1) is 45.0 Å². The lowest BCUT2D eigenvalue weighted by Gasteiger charge is -2.58. The monoisotopic (exact) mass is 425 g/mol. The van der Waals surface area contributed by atoms with Crippen molar-refractivity contribution in [3.05, 3.63) is 35.4 Å². The predicted molar refractivity (Wildman–Crippen MR) is 116 cm³/mol. The number of rotatable bonds is 5. The van der Waals surface area contributed by atoms with Gasteiger partial charge in [-0.3, -0.25) is 14.5 Å². The van der Waals surface area contributed by atoms with Crippen molar-refractivity contribution in [3.63, 3.8) is 0 Å². The third kappa shape index (κ3) is 4.62. The smallest absolute Gasteiger partial charge is 0.242 e. The molecule has 166 valence electrons. The number of ether oxygens (including phenoxy) is 1. The average Bonchev–Trinajstić information content (AvgIpc) is 2.77. The Morgan fingerprint density at radius 3 is 2.65 bits per heavy atom. The van der Waals surface area contributed by atoms with E-state index >= 15 is 0 Å². The molecule has 7 nitrogen and oxygen atoms in total. The summed E-state index contributed by atoms with van der Waals surface area (Å²) in [6.07, 6.45) is 1.92. The van der Waals surface area contributed by atoms with Gasteiger partial charge >= 0.3 is 0 Å². The number of morpholine rings is 1. The van der Waals surface area contributed by atoms with Crippen LogP contribution in [0, 0.1) is 11.8 Å². The van der Waals surface area contributed by atoms with Crippen LogP contribution in [0.2, 0.25) is 0 Å². The average molecular weight is 426 g/mol. The maximum atomic E-state index is 12.9. The number of piperazine rings is 1. The second-order valence-corrected chi connectivity index (χ2v) is 8.48. The van der Waals surface area contributed by atoms with Gasteiger partial charge in [-0.25, -0.2) is 0 Å². The zero-order valence-electron chi connectivity index (χ0n) is 18.1. The van der Waals surface area contributed by atoms with Crippen molar-refractivity contribution in [1.29, 1.82) is 0 Å². The summed E-state index contributed by atoms with van der Waals surface area (Å²) in [5, 5.41) is 9.95. The van der Waals surface area contributed by atoms with Crippen molar-refractivity contribution in [2.45, 2.75) is 37.8 Å². The van der Waals surface area contributed by atoms with Crippen LogP contribution in [-0.2, 0) is 14.3 Å². The van der Waals surface area contributed by atoms with Crippen molar-refractivity contribution in [1.82, 2.24) is 14.7 Å². The van der Waals surface area contributed by atoms with E-state index in [1.807, 2.05) is 24.3 Å². The Morgan fingerprint density at radius 2 is 1.97 bits per heavy atom. The van der Waals surface area contributed by atoms with Gasteiger partial charge in [0.25, 0.3) is 0 Å². The lowest BCUT2D eigenvalue weighted by molar-refractivity contribution is -0.167. The molecule has 0 aromatic heterocycles. The number of carbonyl (C=O) groups excluding carboxylic acids is 2. The van der Waals surface area contributed by atoms with Gasteiger partial charge in [-0.1, -0.05) is 30.9 Å². The first-order valence-electron chi connectivity index (χ1n) is 11.2. The van der Waals surface area contributed by atoms with Crippen molar-refractivity contribution in [3.8, 4) is 11.8 Å². The zero-order valence-corrected chi connectivity index (χ0v) is 18.1. The highest BCUT2D eigenvalue weighted by Gasteiger charge is 2.54. The largest absolute Gasteiger partial charge is 0.394 e. The molecule has 1 N–H and O–H groups in total. The Hall–Kier alpha value is -2.40. The number of amides is 2. The summed E-state index contributed by atoms with van der Waals surface area (Å²) in [5.41, 5.74) is 2.05. The molecule has 0 bridgehead atoms. The second kappa shape index (κ2) is 9.82. The van der Waals surface area contributed by atoms with Gasteiger partial charge in [0.1, 0.15) is 0 Å². The van der Waals surface area contributed by atoms with Crippen molar-refractivity contribution < 1.29 is 19.4 Å². The molecule has 0 aliphatic carbocycles. The highest BCUT2D eigenvalue weighted by molar-refractivity contribution is 5.88. The maximum Gasteiger partial charge on any atom is 0.242 e. The molecule has 31 heavy (non-hydrogen) atoms. The number of fused-ring (bicyclic) bond motifs is 1. The third-order valence-corrected chi connectivity index (χ3v) is 6.47. The molecule has 0 saturated carbocycles. The molecule has 3 fully saturated rings. The standard InChI is InChI=1S/C24H31N3O4/c1-2-3-4-5-18-6-8-19(9-7-18)24-20-14-26(16-23(30)27(20)21(24)17-28)22(29)15-25-10-12-31-13-11-25/h6-9,20-21,24,28H,2-3,10-17H2,1H3/t20-,21+,24+/m1/s1. The van der Waals surface area contributed by atoms with Crippen LogP contribution >= 0.6 is 0 Å². The molecule has 1 aromatic carbocycles. The van der Waals surface area contributed by atoms with Crippen LogP contribution in [0.3, 0.4) is 0 Å². The minimum absolute atomic E-state index is 0.0114. The van der Waals surface area contributed by atoms with Crippen LogP contribution < -0.4 is 0 Å². The Bertz CT molecular complexity index is 854. The van der Waals surface area contributed by atoms with Crippen molar-refractivity contribution >= 4 is 11.8 Å². The first-order valence-corrected chi connectivity index (χ1v) is 11.2. The highest BCUT2D eigenvalue weighted by Crippen LogP contribution is 2.42. The number of aliphatic hydroxyl groups excluding tert-OH is 1. The quantitative estimate of drug-likeness (QED) is 0.702. The predicted octanol–water partition coefficient (Wildman–Crippen LogP) is 0.668. The number of unbranched alkanes of at least 4 members (excludes halogenated alkanes) is 1. The Morgan fingerprint density at radius 1 is 1.23 bits per heavy atom. The lowest BCUT2D eigenvalue weighted by atomic mass is 9.73. The van der Waals surface area contributed by atoms with Crippen LogP contribution in [0.4, 0.5) is 0 Å². The summed E-state index contributed by atoms with van der Waals surface area (Å²) in [5.74, 6) is 6.25. The van der Waals surface area contributed by atoms with E-state index in [2.05, 4.69) is 23.7 Å². The Labute approximate surface area is 183 Å². The number of carbonyl (C=O) groups is 2. The molecule has 3 atom stereocenters. The van der Waals surface area contributed by atoms with Gasteiger partial charge in [0, 0.05) is 37.5 Å². The summed E-state index contributed by atoms with van der Waals surface area (Å²) in [6.45, 7) is 5.72. The fourth-order valence-corrected chi connectivity index (χ4v) is 4.82. The van der Waals surface area contributed by atoms with E-state index in [9.17, 15) is 14.7 Å². The summed E-state index contributed by atoms with van der Waals surface area (Å²) < 4.78 is 5.35. The fraction of sp³-hybridized carbons (Fsp3) is 0.583. The van der Waals surface area contributed by atoms with Crippen LogP contribution in [0.15, 0.2) is 24.3 Å². The maximum absolute atomic E-state index is 12.9. The Balaban J connectivity index is 1.45. The van der Waals surface area contributed by atoms with Gasteiger partial charge in [-0.15, -0.1) is 0 Å². The number of nitrogens with zero attached hydrogens (tertiary/aromatic N) is 3. The van der Waals surface area contributed by atoms with Crippen LogP contribution in [0.5, 0.6) is 0 Å². The van der Waals surface area contributed by atoms with Crippen LogP contribution in [0.25, 0.3) is 0 Å². The third-order valence-electron chi connectivity index (χ3n) is 6.47. The van der Waals surface area contributed by atoms with E-state index in [0.717, 1.165) is 37.1 Å². The lowest BCUT2D eigenvalue weighted by Crippen LogP contribution is -2.73. The molecule has 3 aliphatic rings. The molecule has 3 heterocycles. The molecule has 4 rings (SSSR count). The summed E-state index contributed by atoms with van der Waals surface area (Å²) in [4.78, 5) is 31.2. The highest BCUT2D eigenvalue weighted by atomic mass is 16.5. The van der Waals surface area contributed by atoms with Crippen molar-refractivity contribution in [2.75, 3.05) is 52.5 Å². The second-order valence-electron chi connectivity index (χ2n) is 8.48. The molecule has 0 spiro atoms. The molecule has 0 unspecified atom stereocenters. The first-order chi connectivity index (χ1) is 15.1. The molecule has 2 amide bonds. The van der Waals surface area contributed by atoms with E-state index in [4.69, 9.17) is 4.74 Å². The number of hydrogen-bond donors (Lipinski definition) is 1. The number of aliphatic hydroxyl groups is 1. The van der Waals surface area contributed by atoms with Crippen LogP contribution in [-0.4, -0.2) is 96.2 Å². The molecular formula is C24H31N3O4. The van der Waals surface area contributed by atoms with Gasteiger partial charge in [0.2, 0.25) is 11.8 Å². The zero-order chi connectivity index (χ0) is 21.8. The van der Waals surface area contributed by atoms with Gasteiger partial charge in [0.15, 0.2) is 0 Å². The topological polar surface area (TPSA) is 73.3 Å². The normalized spacial score (nSPS) is 26.0. The van der Waals surface area contributed by atoms with E-state index < -0.39 is 0 Å². The molecule has 3 saturated heterocycles. The molecular weight excluding hydrogens is 394 g/mol. The van der Waals surface area contributed by atoms with E-state index in [0.29, 0.717) is 26.3 Å². The molecule has 0 radical (unpaired) electrons. The summed E-state index contributed by atoms with van der Waals surface area (Å²) in [6, 6.07) is 7.76. The summed E-state index contributed by atoms with van der Waals surface area (Å²) in [7, 11) is 0. The summed E-state index contributed by atoms with van der Waals surface area (Å²) >= 11 is 0. The fourth-order valence-electron chi connectivity index (χ4n) is 4.82. The molecule has 1 aromatic rings. The Kier molecular flexibility index (Phi) is 6.91. The number of benzene rings is 1. The van der Waals surface area contributed by atoms with Crippen molar-refractivity contribution in [2.24, 2.45) is 0 Å². The van der Waals surface area contributed by atoms with Gasteiger partial charge in [-0.2, -0.15) is 0 Å². The minimum Gasteiger partial charge on any atom is -0.394 e. The molecule has 3 aliphatic heterocycles.